The molecule has 18 heavy (non-hydrogen) atoms. The zero-order valence-electron chi connectivity index (χ0n) is 11.8. The van der Waals surface area contributed by atoms with Gasteiger partial charge in [-0.05, 0) is 35.8 Å². The molecule has 0 saturated heterocycles. The van der Waals surface area contributed by atoms with Crippen LogP contribution in [0.1, 0.15) is 31.4 Å². The minimum Gasteiger partial charge on any atom is -0.385 e. The van der Waals surface area contributed by atoms with Crippen molar-refractivity contribution in [3.05, 3.63) is 35.4 Å². The molecular weight excluding hydrogens is 222 g/mol. The summed E-state index contributed by atoms with van der Waals surface area (Å²) in [6.07, 6.45) is 3.46. The first-order valence-electron chi connectivity index (χ1n) is 6.90. The number of nitrogens with one attached hydrogen (secondary N) is 1. The van der Waals surface area contributed by atoms with Crippen molar-refractivity contribution in [1.82, 2.24) is 5.32 Å². The second-order valence-corrected chi connectivity index (χ2v) is 6.16. The van der Waals surface area contributed by atoms with E-state index in [1.807, 2.05) is 0 Å². The Morgan fingerprint density at radius 1 is 1.22 bits per heavy atom. The Balaban J connectivity index is 1.80. The maximum atomic E-state index is 5.17. The van der Waals surface area contributed by atoms with E-state index >= 15 is 0 Å². The highest BCUT2D eigenvalue weighted by molar-refractivity contribution is 5.33. The van der Waals surface area contributed by atoms with E-state index in [1.54, 1.807) is 7.11 Å². The van der Waals surface area contributed by atoms with Crippen molar-refractivity contribution >= 4 is 0 Å². The van der Waals surface area contributed by atoms with Gasteiger partial charge in [-0.3, -0.25) is 0 Å². The van der Waals surface area contributed by atoms with E-state index in [0.717, 1.165) is 19.6 Å². The molecule has 100 valence electrons. The minimum atomic E-state index is 0.310. The molecule has 0 saturated carbocycles. The average Bonchev–Trinajstić information content (AvgIpc) is 2.77. The summed E-state index contributed by atoms with van der Waals surface area (Å²) in [7, 11) is 1.77. The van der Waals surface area contributed by atoms with Crippen LogP contribution in [-0.2, 0) is 17.6 Å². The van der Waals surface area contributed by atoms with Gasteiger partial charge in [0, 0.05) is 26.3 Å². The van der Waals surface area contributed by atoms with Crippen LogP contribution in [0.2, 0.25) is 0 Å². The van der Waals surface area contributed by atoms with E-state index in [1.165, 1.54) is 24.0 Å². The molecule has 2 nitrogen and oxygen atoms in total. The van der Waals surface area contributed by atoms with Crippen LogP contribution in [0.5, 0.6) is 0 Å². The molecule has 0 amide bonds. The van der Waals surface area contributed by atoms with Gasteiger partial charge in [-0.2, -0.15) is 0 Å². The van der Waals surface area contributed by atoms with Crippen molar-refractivity contribution in [2.75, 3.05) is 20.3 Å². The van der Waals surface area contributed by atoms with Gasteiger partial charge in [0.15, 0.2) is 0 Å². The van der Waals surface area contributed by atoms with Crippen molar-refractivity contribution in [1.29, 1.82) is 0 Å². The Morgan fingerprint density at radius 3 is 2.39 bits per heavy atom. The van der Waals surface area contributed by atoms with Crippen molar-refractivity contribution in [2.24, 2.45) is 5.41 Å². The van der Waals surface area contributed by atoms with Crippen molar-refractivity contribution in [2.45, 2.75) is 39.2 Å². The lowest BCUT2D eigenvalue weighted by Gasteiger charge is -2.26. The average molecular weight is 247 g/mol. The maximum absolute atomic E-state index is 5.17. The maximum Gasteiger partial charge on any atom is 0.0467 e. The fraction of sp³-hybridized carbons (Fsp3) is 0.625. The Morgan fingerprint density at radius 2 is 1.83 bits per heavy atom. The molecule has 0 fully saturated rings. The van der Waals surface area contributed by atoms with E-state index in [0.29, 0.717) is 11.5 Å². The second kappa shape index (κ2) is 5.85. The predicted molar refractivity (Wildman–Crippen MR) is 75.9 cm³/mol. The summed E-state index contributed by atoms with van der Waals surface area (Å²) < 4.78 is 5.17. The van der Waals surface area contributed by atoms with Crippen LogP contribution in [0.4, 0.5) is 0 Å². The number of methoxy groups -OCH3 is 1. The first-order valence-corrected chi connectivity index (χ1v) is 6.90. The zero-order chi connectivity index (χ0) is 13.0. The molecular formula is C16H25NO. The van der Waals surface area contributed by atoms with Gasteiger partial charge in [0.05, 0.1) is 0 Å². The molecule has 0 aromatic heterocycles. The molecule has 1 aliphatic carbocycles. The Labute approximate surface area is 111 Å². The smallest absolute Gasteiger partial charge is 0.0467 e. The topological polar surface area (TPSA) is 21.3 Å². The van der Waals surface area contributed by atoms with Crippen LogP contribution in [-0.4, -0.2) is 26.3 Å². The number of fused-ring (bicyclic) bond motifs is 1. The highest BCUT2D eigenvalue weighted by Gasteiger charge is 2.23. The quantitative estimate of drug-likeness (QED) is 0.834. The molecule has 0 aliphatic heterocycles. The number of ether oxygens (including phenoxy) is 1. The van der Waals surface area contributed by atoms with E-state index < -0.39 is 0 Å². The molecule has 1 aromatic carbocycles. The zero-order valence-corrected chi connectivity index (χ0v) is 11.8. The lowest BCUT2D eigenvalue weighted by Crippen LogP contribution is -2.38. The van der Waals surface area contributed by atoms with E-state index in [4.69, 9.17) is 4.74 Å². The largest absolute Gasteiger partial charge is 0.385 e. The van der Waals surface area contributed by atoms with Crippen molar-refractivity contribution in [3.63, 3.8) is 0 Å². The molecule has 0 spiro atoms. The first kappa shape index (κ1) is 13.6. The fourth-order valence-corrected chi connectivity index (χ4v) is 2.59. The van der Waals surface area contributed by atoms with E-state index in [2.05, 4.69) is 43.4 Å². The van der Waals surface area contributed by atoms with Crippen LogP contribution in [0.3, 0.4) is 0 Å². The van der Waals surface area contributed by atoms with Gasteiger partial charge in [-0.25, -0.2) is 0 Å². The third-order valence-electron chi connectivity index (χ3n) is 3.90. The number of benzene rings is 1. The first-order chi connectivity index (χ1) is 8.61. The predicted octanol–water partition coefficient (Wildman–Crippen LogP) is 2.81. The normalized spacial score (nSPS) is 15.9. The molecule has 1 aromatic rings. The van der Waals surface area contributed by atoms with Gasteiger partial charge in [0.25, 0.3) is 0 Å². The van der Waals surface area contributed by atoms with E-state index in [-0.39, 0.29) is 0 Å². The van der Waals surface area contributed by atoms with Crippen LogP contribution >= 0.6 is 0 Å². The lowest BCUT2D eigenvalue weighted by molar-refractivity contribution is 0.149. The van der Waals surface area contributed by atoms with Gasteiger partial charge in [-0.1, -0.05) is 38.1 Å². The SMILES string of the molecule is COCCC(C)(C)CNC1Cc2ccccc2C1. The van der Waals surface area contributed by atoms with Crippen LogP contribution in [0.25, 0.3) is 0 Å². The van der Waals surface area contributed by atoms with Gasteiger partial charge in [0.1, 0.15) is 0 Å². The highest BCUT2D eigenvalue weighted by Crippen LogP contribution is 2.24. The molecule has 2 rings (SSSR count). The monoisotopic (exact) mass is 247 g/mol. The van der Waals surface area contributed by atoms with Gasteiger partial charge in [0.2, 0.25) is 0 Å². The summed E-state index contributed by atoms with van der Waals surface area (Å²) >= 11 is 0. The third-order valence-corrected chi connectivity index (χ3v) is 3.90. The Kier molecular flexibility index (Phi) is 4.41. The lowest BCUT2D eigenvalue weighted by atomic mass is 9.89. The summed E-state index contributed by atoms with van der Waals surface area (Å²) in [5, 5.41) is 3.72. The van der Waals surface area contributed by atoms with Crippen LogP contribution < -0.4 is 5.32 Å². The second-order valence-electron chi connectivity index (χ2n) is 6.16. The summed E-state index contributed by atoms with van der Waals surface area (Å²) in [6, 6.07) is 9.41. The standard InChI is InChI=1S/C16H25NO/c1-16(2,8-9-18-3)12-17-15-10-13-6-4-5-7-14(13)11-15/h4-7,15,17H,8-12H2,1-3H3. The Bertz CT molecular complexity index is 361. The minimum absolute atomic E-state index is 0.310. The molecule has 2 heteroatoms. The summed E-state index contributed by atoms with van der Waals surface area (Å²) in [6.45, 7) is 6.52. The number of hydrogen-bond acceptors (Lipinski definition) is 2. The molecule has 1 aliphatic rings. The molecule has 0 atom stereocenters. The Hall–Kier alpha value is -0.860. The number of hydrogen-bond donors (Lipinski definition) is 1. The van der Waals surface area contributed by atoms with Gasteiger partial charge >= 0.3 is 0 Å². The fourth-order valence-electron chi connectivity index (χ4n) is 2.59. The van der Waals surface area contributed by atoms with Gasteiger partial charge < -0.3 is 10.1 Å². The number of rotatable bonds is 6. The molecule has 0 radical (unpaired) electrons. The molecule has 0 heterocycles. The molecule has 0 unspecified atom stereocenters. The highest BCUT2D eigenvalue weighted by atomic mass is 16.5. The molecule has 0 bridgehead atoms. The summed E-state index contributed by atoms with van der Waals surface area (Å²) in [4.78, 5) is 0. The summed E-state index contributed by atoms with van der Waals surface area (Å²) in [5.74, 6) is 0. The van der Waals surface area contributed by atoms with Crippen molar-refractivity contribution in [3.8, 4) is 0 Å². The summed E-state index contributed by atoms with van der Waals surface area (Å²) in [5.41, 5.74) is 3.35. The van der Waals surface area contributed by atoms with Crippen LogP contribution in [0.15, 0.2) is 24.3 Å². The van der Waals surface area contributed by atoms with Gasteiger partial charge in [-0.15, -0.1) is 0 Å². The van der Waals surface area contributed by atoms with Crippen molar-refractivity contribution < 1.29 is 4.74 Å². The van der Waals surface area contributed by atoms with E-state index in [9.17, 15) is 0 Å². The molecule has 1 N–H and O–H groups in total. The third kappa shape index (κ3) is 3.56. The van der Waals surface area contributed by atoms with Crippen LogP contribution in [0, 0.1) is 5.41 Å².